The first-order chi connectivity index (χ1) is 10.8. The van der Waals surface area contributed by atoms with E-state index in [4.69, 9.17) is 9.05 Å². The first-order valence-electron chi connectivity index (χ1n) is 6.94. The van der Waals surface area contributed by atoms with Gasteiger partial charge in [0.05, 0.1) is 20.3 Å². The number of carbonyl (C=O) groups excluding carboxylic acids is 1. The summed E-state index contributed by atoms with van der Waals surface area (Å²) in [6.07, 6.45) is 2.58. The minimum absolute atomic E-state index is 0.160. The Kier molecular flexibility index (Phi) is 7.06. The van der Waals surface area contributed by atoms with Gasteiger partial charge in [-0.25, -0.2) is 4.79 Å². The van der Waals surface area contributed by atoms with E-state index in [1.54, 1.807) is 0 Å². The normalized spacial score (nSPS) is 12.6. The predicted octanol–water partition coefficient (Wildman–Crippen LogP) is 4.19. The van der Waals surface area contributed by atoms with Crippen LogP contribution in [0.25, 0.3) is 6.08 Å². The maximum Gasteiger partial charge on any atom is 0.404 e. The lowest BCUT2D eigenvalue weighted by Crippen LogP contribution is -2.18. The van der Waals surface area contributed by atoms with Crippen LogP contribution >= 0.6 is 7.60 Å². The van der Waals surface area contributed by atoms with Crippen LogP contribution in [0.2, 0.25) is 0 Å². The van der Waals surface area contributed by atoms with Gasteiger partial charge in [0.15, 0.2) is 0 Å². The maximum absolute atomic E-state index is 14.5. The summed E-state index contributed by atoms with van der Waals surface area (Å²) in [7, 11) is -3.39. The lowest BCUT2D eigenvalue weighted by Gasteiger charge is -2.26. The number of hydrogen-bond donors (Lipinski definition) is 0. The van der Waals surface area contributed by atoms with Gasteiger partial charge in [-0.05, 0) is 25.5 Å². The molecule has 0 spiro atoms. The van der Waals surface area contributed by atoms with Crippen LogP contribution in [0.1, 0.15) is 25.0 Å². The molecule has 0 saturated carbocycles. The van der Waals surface area contributed by atoms with Crippen molar-refractivity contribution in [1.29, 1.82) is 0 Å². The Bertz CT molecular complexity index is 588. The van der Waals surface area contributed by atoms with Gasteiger partial charge in [-0.1, -0.05) is 24.3 Å². The SMILES string of the molecule is CCOP(=O)(OCC)C(F)(F)c1ccc(/C=C/C(=O)OC)cc1. The molecule has 0 aliphatic heterocycles. The maximum atomic E-state index is 14.5. The molecule has 5 nitrogen and oxygen atoms in total. The molecule has 0 aromatic heterocycles. The smallest absolute Gasteiger partial charge is 0.404 e. The lowest BCUT2D eigenvalue weighted by molar-refractivity contribution is -0.134. The molecule has 0 bridgehead atoms. The van der Waals surface area contributed by atoms with Crippen molar-refractivity contribution in [2.75, 3.05) is 20.3 Å². The average molecular weight is 348 g/mol. The number of rotatable bonds is 8. The highest BCUT2D eigenvalue weighted by Gasteiger charge is 2.54. The molecule has 0 heterocycles. The van der Waals surface area contributed by atoms with Crippen LogP contribution < -0.4 is 0 Å². The molecular weight excluding hydrogens is 329 g/mol. The molecule has 128 valence electrons. The highest BCUT2D eigenvalue weighted by Crippen LogP contribution is 2.66. The lowest BCUT2D eigenvalue weighted by atomic mass is 10.1. The Morgan fingerprint density at radius 1 is 1.17 bits per heavy atom. The van der Waals surface area contributed by atoms with E-state index < -0.39 is 24.8 Å². The van der Waals surface area contributed by atoms with Gasteiger partial charge in [-0.3, -0.25) is 4.57 Å². The van der Waals surface area contributed by atoms with Gasteiger partial charge in [-0.2, -0.15) is 8.78 Å². The third-order valence-electron chi connectivity index (χ3n) is 2.81. The zero-order chi connectivity index (χ0) is 17.5. The summed E-state index contributed by atoms with van der Waals surface area (Å²) >= 11 is 0. The summed E-state index contributed by atoms with van der Waals surface area (Å²) in [6, 6.07) is 4.96. The van der Waals surface area contributed by atoms with Crippen molar-refractivity contribution in [3.05, 3.63) is 41.5 Å². The van der Waals surface area contributed by atoms with Crippen LogP contribution in [0.3, 0.4) is 0 Å². The van der Waals surface area contributed by atoms with Gasteiger partial charge in [0, 0.05) is 11.6 Å². The van der Waals surface area contributed by atoms with Gasteiger partial charge in [0.25, 0.3) is 0 Å². The Balaban J connectivity index is 3.07. The van der Waals surface area contributed by atoms with Crippen molar-refractivity contribution in [1.82, 2.24) is 0 Å². The summed E-state index contributed by atoms with van der Waals surface area (Å²) in [5.41, 5.74) is -3.75. The number of benzene rings is 1. The largest absolute Gasteiger partial charge is 0.466 e. The van der Waals surface area contributed by atoms with Crippen molar-refractivity contribution in [3.8, 4) is 0 Å². The summed E-state index contributed by atoms with van der Waals surface area (Å²) < 4.78 is 55.1. The number of halogens is 2. The Hall–Kier alpha value is -1.56. The number of alkyl halides is 2. The summed E-state index contributed by atoms with van der Waals surface area (Å²) in [5, 5.41) is 0. The van der Waals surface area contributed by atoms with Crippen LogP contribution in [0.5, 0.6) is 0 Å². The molecule has 1 rings (SSSR count). The number of esters is 1. The van der Waals surface area contributed by atoms with E-state index in [2.05, 4.69) is 4.74 Å². The molecule has 1 aromatic rings. The van der Waals surface area contributed by atoms with E-state index in [1.807, 2.05) is 0 Å². The van der Waals surface area contributed by atoms with E-state index in [-0.39, 0.29) is 13.2 Å². The molecule has 0 aliphatic carbocycles. The molecule has 0 N–H and O–H groups in total. The Labute approximate surface area is 133 Å². The van der Waals surface area contributed by atoms with Crippen LogP contribution in [-0.2, 0) is 28.8 Å². The molecule has 23 heavy (non-hydrogen) atoms. The van der Waals surface area contributed by atoms with Crippen LogP contribution in [0, 0.1) is 0 Å². The van der Waals surface area contributed by atoms with E-state index in [1.165, 1.54) is 45.2 Å². The van der Waals surface area contributed by atoms with Crippen LogP contribution in [-0.4, -0.2) is 26.3 Å². The van der Waals surface area contributed by atoms with E-state index in [9.17, 15) is 18.1 Å². The molecule has 8 heteroatoms. The van der Waals surface area contributed by atoms with Gasteiger partial charge in [0.2, 0.25) is 0 Å². The minimum Gasteiger partial charge on any atom is -0.466 e. The Morgan fingerprint density at radius 3 is 2.13 bits per heavy atom. The van der Waals surface area contributed by atoms with E-state index in [0.717, 1.165) is 12.1 Å². The van der Waals surface area contributed by atoms with E-state index >= 15 is 0 Å². The van der Waals surface area contributed by atoms with Gasteiger partial charge in [0.1, 0.15) is 0 Å². The van der Waals surface area contributed by atoms with Gasteiger partial charge >= 0.3 is 19.2 Å². The third-order valence-corrected chi connectivity index (χ3v) is 4.96. The van der Waals surface area contributed by atoms with E-state index in [0.29, 0.717) is 5.56 Å². The second-order valence-corrected chi connectivity index (χ2v) is 6.43. The fourth-order valence-corrected chi connectivity index (χ4v) is 3.27. The van der Waals surface area contributed by atoms with Crippen molar-refractivity contribution in [2.45, 2.75) is 19.5 Å². The molecule has 0 unspecified atom stereocenters. The fraction of sp³-hybridized carbons (Fsp3) is 0.400. The standard InChI is InChI=1S/C15H19F2O5P/c1-4-21-23(19,22-5-2)15(16,17)13-9-6-12(7-10-13)8-11-14(18)20-3/h6-11H,4-5H2,1-3H3/b11-8+. The van der Waals surface area contributed by atoms with Crippen LogP contribution in [0.15, 0.2) is 30.3 Å². The van der Waals surface area contributed by atoms with Gasteiger partial charge in [-0.15, -0.1) is 0 Å². The molecule has 1 aromatic carbocycles. The third kappa shape index (κ3) is 4.70. The molecule has 0 fully saturated rings. The first kappa shape index (κ1) is 19.5. The second kappa shape index (κ2) is 8.34. The first-order valence-corrected chi connectivity index (χ1v) is 8.48. The summed E-state index contributed by atoms with van der Waals surface area (Å²) in [6.45, 7) is 2.60. The number of hydrogen-bond acceptors (Lipinski definition) is 5. The molecule has 0 aliphatic rings. The van der Waals surface area contributed by atoms with Crippen LogP contribution in [0.4, 0.5) is 8.78 Å². The number of ether oxygens (including phenoxy) is 1. The minimum atomic E-state index is -4.62. The number of methoxy groups -OCH3 is 1. The van der Waals surface area contributed by atoms with Crippen molar-refractivity contribution in [2.24, 2.45) is 0 Å². The Morgan fingerprint density at radius 2 is 1.70 bits per heavy atom. The molecule has 0 atom stereocenters. The van der Waals surface area contributed by atoms with Gasteiger partial charge < -0.3 is 13.8 Å². The summed E-state index contributed by atoms with van der Waals surface area (Å²) in [4.78, 5) is 11.0. The van der Waals surface area contributed by atoms with Crippen molar-refractivity contribution in [3.63, 3.8) is 0 Å². The van der Waals surface area contributed by atoms with Crippen molar-refractivity contribution < 1.29 is 31.9 Å². The highest BCUT2D eigenvalue weighted by molar-refractivity contribution is 7.54. The monoisotopic (exact) mass is 348 g/mol. The molecular formula is C15H19F2O5P. The molecule has 0 amide bonds. The fourth-order valence-electron chi connectivity index (χ4n) is 1.72. The zero-order valence-corrected chi connectivity index (χ0v) is 14.0. The second-order valence-electron chi connectivity index (χ2n) is 4.35. The molecule has 0 radical (unpaired) electrons. The average Bonchev–Trinajstić information content (AvgIpc) is 2.53. The molecule has 0 saturated heterocycles. The zero-order valence-electron chi connectivity index (χ0n) is 13.1. The summed E-state index contributed by atoms with van der Waals surface area (Å²) in [5.74, 6) is -0.559. The predicted molar refractivity (Wildman–Crippen MR) is 82.2 cm³/mol. The highest BCUT2D eigenvalue weighted by atomic mass is 31.2. The quantitative estimate of drug-likeness (QED) is 0.400. The topological polar surface area (TPSA) is 61.8 Å². The van der Waals surface area contributed by atoms with Crippen molar-refractivity contribution >= 4 is 19.6 Å². The number of carbonyl (C=O) groups is 1.